The molecule has 0 bridgehead atoms. The number of sulfonamides is 1. The van der Waals surface area contributed by atoms with Crippen LogP contribution >= 0.6 is 0 Å². The van der Waals surface area contributed by atoms with Crippen LogP contribution in [0.5, 0.6) is 0 Å². The first-order chi connectivity index (χ1) is 10.7. The van der Waals surface area contributed by atoms with Crippen molar-refractivity contribution in [2.75, 3.05) is 19.4 Å². The van der Waals surface area contributed by atoms with Gasteiger partial charge in [0.15, 0.2) is 0 Å². The van der Waals surface area contributed by atoms with Gasteiger partial charge in [-0.25, -0.2) is 17.4 Å². The average molecular weight is 338 g/mol. The Labute approximate surface area is 134 Å². The molecule has 0 aliphatic carbocycles. The van der Waals surface area contributed by atoms with E-state index in [1.165, 1.54) is 20.2 Å². The first kappa shape index (κ1) is 17.1. The van der Waals surface area contributed by atoms with E-state index < -0.39 is 10.0 Å². The minimum absolute atomic E-state index is 0.0339. The Kier molecular flexibility index (Phi) is 4.81. The molecule has 0 saturated heterocycles. The molecule has 0 saturated carbocycles. The number of anilines is 1. The zero-order valence-corrected chi connectivity index (χ0v) is 14.1. The van der Waals surface area contributed by atoms with Crippen molar-refractivity contribution in [2.45, 2.75) is 25.2 Å². The van der Waals surface area contributed by atoms with Crippen molar-refractivity contribution in [3.05, 3.63) is 35.2 Å². The second kappa shape index (κ2) is 6.47. The lowest BCUT2D eigenvalue weighted by molar-refractivity contribution is -0.115. The molecule has 0 atom stereocenters. The molecule has 0 spiro atoms. The molecule has 2 rings (SSSR count). The highest BCUT2D eigenvalue weighted by atomic mass is 32.2. The third-order valence-electron chi connectivity index (χ3n) is 3.29. The van der Waals surface area contributed by atoms with Crippen LogP contribution in [0.3, 0.4) is 0 Å². The number of rotatable bonds is 5. The van der Waals surface area contributed by atoms with Crippen LogP contribution in [-0.4, -0.2) is 43.0 Å². The van der Waals surface area contributed by atoms with E-state index in [9.17, 15) is 13.2 Å². The van der Waals surface area contributed by atoms with Gasteiger partial charge in [-0.1, -0.05) is 10.3 Å². The molecule has 0 aliphatic heterocycles. The summed E-state index contributed by atoms with van der Waals surface area (Å²) in [5.41, 5.74) is 2.09. The van der Waals surface area contributed by atoms with Gasteiger partial charge in [-0.05, 0) is 37.6 Å². The van der Waals surface area contributed by atoms with Gasteiger partial charge in [0.25, 0.3) is 0 Å². The lowest BCUT2D eigenvalue weighted by atomic mass is 10.2. The SMILES string of the molecule is Cc1cc(NC(=O)Cc2nonc2C)ccc1S(=O)(=O)N(C)C. The number of hydrogen-bond donors (Lipinski definition) is 1. The lowest BCUT2D eigenvalue weighted by Crippen LogP contribution is -2.23. The number of hydrogen-bond acceptors (Lipinski definition) is 6. The van der Waals surface area contributed by atoms with Crippen LogP contribution in [0.25, 0.3) is 0 Å². The van der Waals surface area contributed by atoms with Gasteiger partial charge in [-0.15, -0.1) is 0 Å². The number of nitrogens with zero attached hydrogens (tertiary/aromatic N) is 3. The molecular formula is C14H18N4O4S. The van der Waals surface area contributed by atoms with Crippen molar-refractivity contribution in [3.63, 3.8) is 0 Å². The molecule has 1 amide bonds. The highest BCUT2D eigenvalue weighted by molar-refractivity contribution is 7.89. The predicted molar refractivity (Wildman–Crippen MR) is 83.4 cm³/mol. The fraction of sp³-hybridized carbons (Fsp3) is 0.357. The molecule has 0 aliphatic rings. The number of carbonyl (C=O) groups is 1. The van der Waals surface area contributed by atoms with E-state index in [-0.39, 0.29) is 17.2 Å². The molecule has 23 heavy (non-hydrogen) atoms. The zero-order chi connectivity index (χ0) is 17.2. The van der Waals surface area contributed by atoms with Crippen LogP contribution in [-0.2, 0) is 21.2 Å². The second-order valence-corrected chi connectivity index (χ2v) is 7.41. The average Bonchev–Trinajstić information content (AvgIpc) is 2.83. The second-order valence-electron chi connectivity index (χ2n) is 5.29. The Morgan fingerprint density at radius 1 is 1.26 bits per heavy atom. The number of amides is 1. The smallest absolute Gasteiger partial charge is 0.242 e. The number of carbonyl (C=O) groups excluding carboxylic acids is 1. The highest BCUT2D eigenvalue weighted by Gasteiger charge is 2.20. The minimum Gasteiger partial charge on any atom is -0.326 e. The fourth-order valence-electron chi connectivity index (χ4n) is 1.98. The summed E-state index contributed by atoms with van der Waals surface area (Å²) in [5, 5.41) is 9.96. The van der Waals surface area contributed by atoms with Crippen molar-refractivity contribution in [1.29, 1.82) is 0 Å². The van der Waals surface area contributed by atoms with Crippen molar-refractivity contribution < 1.29 is 17.8 Å². The largest absolute Gasteiger partial charge is 0.326 e. The standard InChI is InChI=1S/C14H18N4O4S/c1-9-7-11(5-6-13(9)23(20,21)18(3)4)15-14(19)8-12-10(2)16-22-17-12/h5-7H,8H2,1-4H3,(H,15,19). The summed E-state index contributed by atoms with van der Waals surface area (Å²) < 4.78 is 30.0. The predicted octanol–water partition coefficient (Wildman–Crippen LogP) is 1.12. The third-order valence-corrected chi connectivity index (χ3v) is 5.27. The van der Waals surface area contributed by atoms with Gasteiger partial charge >= 0.3 is 0 Å². The number of benzene rings is 1. The van der Waals surface area contributed by atoms with E-state index in [0.717, 1.165) is 4.31 Å². The maximum atomic E-state index is 12.1. The first-order valence-electron chi connectivity index (χ1n) is 6.83. The molecule has 9 heteroatoms. The summed E-state index contributed by atoms with van der Waals surface area (Å²) in [4.78, 5) is 12.2. The third kappa shape index (κ3) is 3.74. The van der Waals surface area contributed by atoms with E-state index >= 15 is 0 Å². The Balaban J connectivity index is 2.15. The first-order valence-corrected chi connectivity index (χ1v) is 8.27. The Bertz CT molecular complexity index is 827. The van der Waals surface area contributed by atoms with E-state index in [1.807, 2.05) is 0 Å². The summed E-state index contributed by atoms with van der Waals surface area (Å²) in [5.74, 6) is -0.286. The Morgan fingerprint density at radius 2 is 1.96 bits per heavy atom. The molecule has 124 valence electrons. The highest BCUT2D eigenvalue weighted by Crippen LogP contribution is 2.22. The molecule has 0 unspecified atom stereocenters. The summed E-state index contributed by atoms with van der Waals surface area (Å²) >= 11 is 0. The van der Waals surface area contributed by atoms with Crippen LogP contribution in [0.15, 0.2) is 27.7 Å². The normalized spacial score (nSPS) is 11.7. The number of aryl methyl sites for hydroxylation is 2. The van der Waals surface area contributed by atoms with Crippen LogP contribution in [0.2, 0.25) is 0 Å². The Hall–Kier alpha value is -2.26. The molecule has 0 fully saturated rings. The summed E-state index contributed by atoms with van der Waals surface area (Å²) in [6, 6.07) is 4.64. The van der Waals surface area contributed by atoms with Crippen molar-refractivity contribution >= 4 is 21.6 Å². The van der Waals surface area contributed by atoms with Crippen molar-refractivity contribution in [2.24, 2.45) is 0 Å². The molecule has 1 N–H and O–H groups in total. The number of aromatic nitrogens is 2. The van der Waals surface area contributed by atoms with Gasteiger partial charge in [-0.2, -0.15) is 0 Å². The lowest BCUT2D eigenvalue weighted by Gasteiger charge is -2.14. The molecule has 1 heterocycles. The molecule has 1 aromatic carbocycles. The molecule has 1 aromatic heterocycles. The summed E-state index contributed by atoms with van der Waals surface area (Å²) in [6.45, 7) is 3.38. The monoisotopic (exact) mass is 338 g/mol. The van der Waals surface area contributed by atoms with Crippen molar-refractivity contribution in [1.82, 2.24) is 14.6 Å². The van der Waals surface area contributed by atoms with Gasteiger partial charge in [0.1, 0.15) is 11.4 Å². The Morgan fingerprint density at radius 3 is 2.48 bits per heavy atom. The van der Waals surface area contributed by atoms with E-state index in [0.29, 0.717) is 22.6 Å². The molecule has 0 radical (unpaired) electrons. The summed E-state index contributed by atoms with van der Waals surface area (Å²) in [6.07, 6.45) is 0.0339. The van der Waals surface area contributed by atoms with Crippen molar-refractivity contribution in [3.8, 4) is 0 Å². The molecule has 8 nitrogen and oxygen atoms in total. The van der Waals surface area contributed by atoms with Crippen LogP contribution in [0.4, 0.5) is 5.69 Å². The van der Waals surface area contributed by atoms with Gasteiger partial charge in [-0.3, -0.25) is 4.79 Å². The van der Waals surface area contributed by atoms with Gasteiger partial charge in [0, 0.05) is 19.8 Å². The van der Waals surface area contributed by atoms with E-state index in [2.05, 4.69) is 20.3 Å². The van der Waals surface area contributed by atoms with E-state index in [4.69, 9.17) is 0 Å². The molecule has 2 aromatic rings. The maximum absolute atomic E-state index is 12.1. The van der Waals surface area contributed by atoms with Crippen LogP contribution in [0, 0.1) is 13.8 Å². The van der Waals surface area contributed by atoms with Gasteiger partial charge < -0.3 is 5.32 Å². The quantitative estimate of drug-likeness (QED) is 0.876. The maximum Gasteiger partial charge on any atom is 0.242 e. The van der Waals surface area contributed by atoms with Gasteiger partial charge in [0.2, 0.25) is 15.9 Å². The van der Waals surface area contributed by atoms with Crippen LogP contribution in [0.1, 0.15) is 17.0 Å². The zero-order valence-electron chi connectivity index (χ0n) is 13.3. The minimum atomic E-state index is -3.51. The van der Waals surface area contributed by atoms with Crippen LogP contribution < -0.4 is 5.32 Å². The fourth-order valence-corrected chi connectivity index (χ4v) is 3.08. The number of nitrogens with one attached hydrogen (secondary N) is 1. The van der Waals surface area contributed by atoms with Gasteiger partial charge in [0.05, 0.1) is 11.3 Å². The molecular weight excluding hydrogens is 320 g/mol. The summed E-state index contributed by atoms with van der Waals surface area (Å²) in [7, 11) is -0.568. The topological polar surface area (TPSA) is 105 Å². The van der Waals surface area contributed by atoms with E-state index in [1.54, 1.807) is 26.0 Å².